The molecule has 86 valence electrons. The molecule has 0 saturated heterocycles. The first kappa shape index (κ1) is 12.5. The lowest BCUT2D eigenvalue weighted by molar-refractivity contribution is 0.278. The maximum atomic E-state index is 9.20. The molecule has 3 N–H and O–H groups in total. The summed E-state index contributed by atoms with van der Waals surface area (Å²) in [5, 5.41) is 17.2. The maximum Gasteiger partial charge on any atom is 0.276 e. The fourth-order valence-corrected chi connectivity index (χ4v) is 2.14. The highest BCUT2D eigenvalue weighted by Crippen LogP contribution is 2.24. The van der Waals surface area contributed by atoms with Gasteiger partial charge in [-0.15, -0.1) is 10.2 Å². The third kappa shape index (κ3) is 3.81. The first-order valence-electron chi connectivity index (χ1n) is 5.00. The van der Waals surface area contributed by atoms with Crippen LogP contribution in [0, 0.1) is 6.92 Å². The lowest BCUT2D eigenvalue weighted by Crippen LogP contribution is -2.34. The number of aliphatic hydroxyl groups excluding tert-OH is 1. The molecule has 1 rings (SSSR count). The highest BCUT2D eigenvalue weighted by Gasteiger charge is 2.20. The number of rotatable bonds is 6. The zero-order valence-electron chi connectivity index (χ0n) is 9.01. The average Bonchev–Trinajstić information content (AvgIpc) is 2.61. The number of thioether (sulfide) groups is 1. The molecule has 0 spiro atoms. The molecule has 2 unspecified atom stereocenters. The van der Waals surface area contributed by atoms with Gasteiger partial charge in [-0.3, -0.25) is 0 Å². The van der Waals surface area contributed by atoms with E-state index in [1.54, 1.807) is 6.92 Å². The van der Waals surface area contributed by atoms with Crippen molar-refractivity contribution >= 4 is 11.8 Å². The van der Waals surface area contributed by atoms with E-state index in [4.69, 9.17) is 10.2 Å². The molecule has 0 aliphatic carbocycles. The second kappa shape index (κ2) is 6.09. The van der Waals surface area contributed by atoms with Gasteiger partial charge in [-0.25, -0.2) is 0 Å². The predicted octanol–water partition coefficient (Wildman–Crippen LogP) is 0.958. The van der Waals surface area contributed by atoms with Crippen molar-refractivity contribution in [3.63, 3.8) is 0 Å². The summed E-state index contributed by atoms with van der Waals surface area (Å²) in [6.07, 6.45) is 1.88. The number of aliphatic hydroxyl groups is 1. The van der Waals surface area contributed by atoms with E-state index in [2.05, 4.69) is 17.1 Å². The van der Waals surface area contributed by atoms with Crippen LogP contribution in [0.3, 0.4) is 0 Å². The highest BCUT2D eigenvalue weighted by molar-refractivity contribution is 7.99. The fourth-order valence-electron chi connectivity index (χ4n) is 1.23. The van der Waals surface area contributed by atoms with E-state index in [0.717, 1.165) is 12.8 Å². The van der Waals surface area contributed by atoms with Crippen LogP contribution in [0.2, 0.25) is 0 Å². The molecule has 1 aromatic rings. The first-order valence-corrected chi connectivity index (χ1v) is 5.88. The molecule has 1 heterocycles. The Labute approximate surface area is 93.4 Å². The maximum absolute atomic E-state index is 9.20. The van der Waals surface area contributed by atoms with Gasteiger partial charge >= 0.3 is 0 Å². The molecule has 0 aliphatic heterocycles. The van der Waals surface area contributed by atoms with Crippen molar-refractivity contribution in [2.45, 2.75) is 43.2 Å². The molecule has 0 amide bonds. The van der Waals surface area contributed by atoms with Gasteiger partial charge in [-0.05, 0) is 6.42 Å². The predicted molar refractivity (Wildman–Crippen MR) is 58.6 cm³/mol. The largest absolute Gasteiger partial charge is 0.416 e. The van der Waals surface area contributed by atoms with Gasteiger partial charge in [0.2, 0.25) is 5.89 Å². The van der Waals surface area contributed by atoms with Crippen LogP contribution in [0.15, 0.2) is 9.64 Å². The van der Waals surface area contributed by atoms with E-state index in [1.165, 1.54) is 11.8 Å². The van der Waals surface area contributed by atoms with Crippen LogP contribution in [0.4, 0.5) is 0 Å². The zero-order chi connectivity index (χ0) is 11.3. The van der Waals surface area contributed by atoms with Gasteiger partial charge in [0.15, 0.2) is 0 Å². The Morgan fingerprint density at radius 2 is 2.27 bits per heavy atom. The van der Waals surface area contributed by atoms with E-state index in [0.29, 0.717) is 11.1 Å². The quantitative estimate of drug-likeness (QED) is 0.709. The Bertz CT molecular complexity index is 293. The third-order valence-corrected chi connectivity index (χ3v) is 3.21. The summed E-state index contributed by atoms with van der Waals surface area (Å²) >= 11 is 1.34. The number of aromatic nitrogens is 2. The average molecular weight is 231 g/mol. The molecule has 2 atom stereocenters. The van der Waals surface area contributed by atoms with Crippen LogP contribution < -0.4 is 5.73 Å². The van der Waals surface area contributed by atoms with Crippen LogP contribution in [0.1, 0.15) is 25.7 Å². The van der Waals surface area contributed by atoms with Gasteiger partial charge in [-0.2, -0.15) is 0 Å². The third-order valence-electron chi connectivity index (χ3n) is 2.04. The van der Waals surface area contributed by atoms with Crippen molar-refractivity contribution in [3.8, 4) is 0 Å². The summed E-state index contributed by atoms with van der Waals surface area (Å²) in [5.74, 6) is 0.526. The zero-order valence-corrected chi connectivity index (χ0v) is 9.83. The molecule has 0 saturated carbocycles. The minimum absolute atomic E-state index is 0.0211. The second-order valence-electron chi connectivity index (χ2n) is 3.38. The summed E-state index contributed by atoms with van der Waals surface area (Å²) in [7, 11) is 0. The van der Waals surface area contributed by atoms with Gasteiger partial charge in [0.25, 0.3) is 5.22 Å². The molecule has 0 fully saturated rings. The van der Waals surface area contributed by atoms with Crippen LogP contribution in [-0.2, 0) is 0 Å². The molecular weight excluding hydrogens is 214 g/mol. The Kier molecular flexibility index (Phi) is 5.07. The fraction of sp³-hybridized carbons (Fsp3) is 0.778. The van der Waals surface area contributed by atoms with Crippen molar-refractivity contribution in [1.29, 1.82) is 0 Å². The standard InChI is InChI=1S/C9H17N3O2S/c1-3-4-7(10)8(5-13)15-9-12-11-6(2)14-9/h7-8,13H,3-5,10H2,1-2H3. The summed E-state index contributed by atoms with van der Waals surface area (Å²) in [5.41, 5.74) is 5.92. The van der Waals surface area contributed by atoms with Gasteiger partial charge in [0.05, 0.1) is 11.9 Å². The minimum Gasteiger partial charge on any atom is -0.416 e. The van der Waals surface area contributed by atoms with Crippen LogP contribution in [0.5, 0.6) is 0 Å². The van der Waals surface area contributed by atoms with Gasteiger partial charge in [-0.1, -0.05) is 25.1 Å². The summed E-state index contributed by atoms with van der Waals surface area (Å²) in [6, 6.07) is -0.0443. The van der Waals surface area contributed by atoms with E-state index in [9.17, 15) is 5.11 Å². The van der Waals surface area contributed by atoms with Crippen molar-refractivity contribution in [2.24, 2.45) is 5.73 Å². The molecule has 0 aromatic carbocycles. The SMILES string of the molecule is CCCC(N)C(CO)Sc1nnc(C)o1. The lowest BCUT2D eigenvalue weighted by Gasteiger charge is -2.18. The van der Waals surface area contributed by atoms with Crippen LogP contribution in [-0.4, -0.2) is 33.2 Å². The Hall–Kier alpha value is -0.590. The molecular formula is C9H17N3O2S. The smallest absolute Gasteiger partial charge is 0.276 e. The van der Waals surface area contributed by atoms with E-state index in [1.807, 2.05) is 0 Å². The number of nitrogens with zero attached hydrogens (tertiary/aromatic N) is 2. The minimum atomic E-state index is -0.0789. The van der Waals surface area contributed by atoms with E-state index < -0.39 is 0 Å². The molecule has 0 radical (unpaired) electrons. The Morgan fingerprint density at radius 3 is 2.73 bits per heavy atom. The van der Waals surface area contributed by atoms with Gasteiger partial charge in [0.1, 0.15) is 0 Å². The Morgan fingerprint density at radius 1 is 1.53 bits per heavy atom. The molecule has 6 heteroatoms. The molecule has 0 aliphatic rings. The van der Waals surface area contributed by atoms with E-state index in [-0.39, 0.29) is 17.9 Å². The lowest BCUT2D eigenvalue weighted by atomic mass is 10.1. The molecule has 15 heavy (non-hydrogen) atoms. The monoisotopic (exact) mass is 231 g/mol. The number of aryl methyl sites for hydroxylation is 1. The van der Waals surface area contributed by atoms with Crippen molar-refractivity contribution in [2.75, 3.05) is 6.61 Å². The van der Waals surface area contributed by atoms with Crippen molar-refractivity contribution in [1.82, 2.24) is 10.2 Å². The van der Waals surface area contributed by atoms with Crippen LogP contribution >= 0.6 is 11.8 Å². The van der Waals surface area contributed by atoms with Gasteiger partial charge < -0.3 is 15.3 Å². The molecule has 5 nitrogen and oxygen atoms in total. The summed E-state index contributed by atoms with van der Waals surface area (Å²) in [4.78, 5) is 0. The van der Waals surface area contributed by atoms with Gasteiger partial charge in [0, 0.05) is 13.0 Å². The summed E-state index contributed by atoms with van der Waals surface area (Å²) < 4.78 is 5.22. The topological polar surface area (TPSA) is 85.2 Å². The number of hydrogen-bond acceptors (Lipinski definition) is 6. The van der Waals surface area contributed by atoms with Crippen LogP contribution in [0.25, 0.3) is 0 Å². The normalized spacial score (nSPS) is 15.2. The first-order chi connectivity index (χ1) is 7.17. The summed E-state index contributed by atoms with van der Waals surface area (Å²) in [6.45, 7) is 3.82. The molecule has 0 bridgehead atoms. The van der Waals surface area contributed by atoms with E-state index >= 15 is 0 Å². The number of hydrogen-bond donors (Lipinski definition) is 2. The highest BCUT2D eigenvalue weighted by atomic mass is 32.2. The van der Waals surface area contributed by atoms with Crippen molar-refractivity contribution < 1.29 is 9.52 Å². The molecule has 1 aromatic heterocycles. The Balaban J connectivity index is 2.53. The number of nitrogens with two attached hydrogens (primary N) is 1. The second-order valence-corrected chi connectivity index (χ2v) is 4.57. The van der Waals surface area contributed by atoms with Crippen molar-refractivity contribution in [3.05, 3.63) is 5.89 Å².